The molecule has 0 radical (unpaired) electrons. The predicted octanol–water partition coefficient (Wildman–Crippen LogP) is 3.25. The van der Waals surface area contributed by atoms with Crippen molar-refractivity contribution in [3.8, 4) is 0 Å². The monoisotopic (exact) mass is 580 g/mol. The van der Waals surface area contributed by atoms with Crippen molar-refractivity contribution in [2.45, 2.75) is 16.1 Å². The van der Waals surface area contributed by atoms with Crippen LogP contribution in [0.4, 0.5) is 5.69 Å². The molecule has 11 heteroatoms. The van der Waals surface area contributed by atoms with Crippen molar-refractivity contribution in [1.29, 1.82) is 0 Å². The number of benzene rings is 1. The molecule has 4 rings (SSSR count). The average Bonchev–Trinajstić information content (AvgIpc) is 3.31. The summed E-state index contributed by atoms with van der Waals surface area (Å²) >= 11 is 19.1. The molecule has 6 atom stereocenters. The Kier molecular flexibility index (Phi) is 6.18. The van der Waals surface area contributed by atoms with E-state index in [4.69, 9.17) is 27.9 Å². The maximum atomic E-state index is 12.8. The van der Waals surface area contributed by atoms with Crippen molar-refractivity contribution in [3.05, 3.63) is 28.2 Å². The number of amides is 3. The summed E-state index contributed by atoms with van der Waals surface area (Å²) in [6, 6.07) is 4.73. The second-order valence-corrected chi connectivity index (χ2v) is 10.5. The lowest BCUT2D eigenvalue weighted by molar-refractivity contribution is -0.154. The zero-order chi connectivity index (χ0) is 21.7. The third-order valence-electron chi connectivity index (χ3n) is 5.96. The molecule has 0 aromatic heterocycles. The first kappa shape index (κ1) is 22.0. The molecule has 2 aliphatic carbocycles. The molecule has 1 aromatic rings. The molecule has 2 bridgehead atoms. The van der Waals surface area contributed by atoms with E-state index < -0.39 is 36.9 Å². The number of fused-ring (bicyclic) bond motifs is 5. The number of nitrogens with one attached hydrogen (secondary N) is 1. The van der Waals surface area contributed by atoms with Gasteiger partial charge in [-0.2, -0.15) is 0 Å². The molecule has 0 spiro atoms. The van der Waals surface area contributed by atoms with Gasteiger partial charge in [0.2, 0.25) is 11.8 Å². The number of esters is 1. The van der Waals surface area contributed by atoms with E-state index in [0.717, 1.165) is 11.3 Å². The van der Waals surface area contributed by atoms with Crippen molar-refractivity contribution in [2.24, 2.45) is 23.7 Å². The van der Waals surface area contributed by atoms with E-state index in [1.807, 2.05) is 0 Å². The minimum Gasteiger partial charge on any atom is -0.454 e. The van der Waals surface area contributed by atoms with Crippen LogP contribution in [0.5, 0.6) is 0 Å². The van der Waals surface area contributed by atoms with E-state index in [0.29, 0.717) is 0 Å². The lowest BCUT2D eigenvalue weighted by Crippen LogP contribution is -2.38. The molecule has 30 heavy (non-hydrogen) atoms. The van der Waals surface area contributed by atoms with E-state index >= 15 is 0 Å². The highest BCUT2D eigenvalue weighted by Gasteiger charge is 2.66. The number of hydrogen-bond donors (Lipinski definition) is 1. The molecule has 160 valence electrons. The van der Waals surface area contributed by atoms with Crippen LogP contribution < -0.4 is 5.32 Å². The van der Waals surface area contributed by atoms with Gasteiger partial charge in [-0.25, -0.2) is 0 Å². The molecule has 7 nitrogen and oxygen atoms in total. The number of ether oxygens (including phenoxy) is 1. The van der Waals surface area contributed by atoms with Gasteiger partial charge in [0.1, 0.15) is 6.54 Å². The maximum absolute atomic E-state index is 12.8. The maximum Gasteiger partial charge on any atom is 0.326 e. The Morgan fingerprint density at radius 3 is 2.30 bits per heavy atom. The molecule has 1 aromatic carbocycles. The summed E-state index contributed by atoms with van der Waals surface area (Å²) in [5, 5.41) is 2.93. The molecular weight excluding hydrogens is 567 g/mol. The molecule has 3 amide bonds. The van der Waals surface area contributed by atoms with Gasteiger partial charge in [-0.05, 0) is 30.4 Å². The summed E-state index contributed by atoms with van der Waals surface area (Å²) in [5.74, 6) is -2.80. The highest BCUT2D eigenvalue weighted by atomic mass is 79.9. The lowest BCUT2D eigenvalue weighted by atomic mass is 9.81. The van der Waals surface area contributed by atoms with E-state index in [9.17, 15) is 19.2 Å². The van der Waals surface area contributed by atoms with E-state index in [-0.39, 0.29) is 49.0 Å². The van der Waals surface area contributed by atoms with Gasteiger partial charge in [0.25, 0.3) is 5.91 Å². The smallest absolute Gasteiger partial charge is 0.326 e. The van der Waals surface area contributed by atoms with Crippen molar-refractivity contribution in [2.75, 3.05) is 18.5 Å². The van der Waals surface area contributed by atoms with Crippen LogP contribution in [-0.2, 0) is 23.9 Å². The van der Waals surface area contributed by atoms with Crippen LogP contribution in [0.1, 0.15) is 6.42 Å². The highest BCUT2D eigenvalue weighted by Crippen LogP contribution is 2.60. The molecular formula is C19H16Br2Cl2N2O5. The molecule has 3 fully saturated rings. The van der Waals surface area contributed by atoms with Gasteiger partial charge in [0.15, 0.2) is 6.61 Å². The number of carbonyl (C=O) groups excluding carboxylic acids is 4. The van der Waals surface area contributed by atoms with E-state index in [2.05, 4.69) is 37.2 Å². The Hall–Kier alpha value is -1.16. The minimum atomic E-state index is -0.831. The highest BCUT2D eigenvalue weighted by molar-refractivity contribution is 9.12. The van der Waals surface area contributed by atoms with E-state index in [1.54, 1.807) is 18.2 Å². The zero-order valence-corrected chi connectivity index (χ0v) is 20.0. The first-order valence-electron chi connectivity index (χ1n) is 9.23. The normalized spacial score (nSPS) is 31.8. The van der Waals surface area contributed by atoms with Gasteiger partial charge < -0.3 is 10.1 Å². The largest absolute Gasteiger partial charge is 0.454 e. The number of likely N-dealkylation sites (tertiary alicyclic amines) is 1. The van der Waals surface area contributed by atoms with Gasteiger partial charge in [-0.1, -0.05) is 61.1 Å². The van der Waals surface area contributed by atoms with Gasteiger partial charge in [0.05, 0.1) is 27.6 Å². The van der Waals surface area contributed by atoms with Gasteiger partial charge in [-0.15, -0.1) is 0 Å². The van der Waals surface area contributed by atoms with Crippen LogP contribution in [0.25, 0.3) is 0 Å². The molecule has 1 saturated heterocycles. The second kappa shape index (κ2) is 8.41. The van der Waals surface area contributed by atoms with Gasteiger partial charge in [0, 0.05) is 9.65 Å². The summed E-state index contributed by atoms with van der Waals surface area (Å²) in [4.78, 5) is 51.0. The molecule has 3 aliphatic rings. The molecule has 0 unspecified atom stereocenters. The standard InChI is InChI=1S/C19H16Br2Cl2N2O5/c20-15-7-4-8(16(15)21)14-13(7)18(28)25(19(14)29)5-12(27)30-6-11(26)24-10-3-1-2-9(22)17(10)23/h1-3,7-8,13-16H,4-6H2,(H,24,26)/t7-,8-,13-,14+,15+,16+/m1/s1. The Morgan fingerprint density at radius 2 is 1.70 bits per heavy atom. The van der Waals surface area contributed by atoms with E-state index in [1.165, 1.54) is 0 Å². The number of nitrogens with zero attached hydrogens (tertiary/aromatic N) is 1. The summed E-state index contributed by atoms with van der Waals surface area (Å²) < 4.78 is 4.95. The number of hydrogen-bond acceptors (Lipinski definition) is 5. The molecule has 1 aliphatic heterocycles. The van der Waals surface area contributed by atoms with Crippen molar-refractivity contribution in [1.82, 2.24) is 4.90 Å². The third-order valence-corrected chi connectivity index (χ3v) is 9.98. The number of rotatable bonds is 5. The van der Waals surface area contributed by atoms with Crippen LogP contribution in [0.2, 0.25) is 10.0 Å². The SMILES string of the molecule is O=C(COC(=O)CN1C(=O)[C@@H]2[C@H]3C[C@@H]([C@H](Br)[C@H]3Br)[C@@H]2C1=O)Nc1cccc(Cl)c1Cl. The predicted molar refractivity (Wildman–Crippen MR) is 117 cm³/mol. The topological polar surface area (TPSA) is 92.8 Å². The average molecular weight is 583 g/mol. The Balaban J connectivity index is 1.33. The van der Waals surface area contributed by atoms with Crippen molar-refractivity contribution < 1.29 is 23.9 Å². The first-order valence-corrected chi connectivity index (χ1v) is 11.8. The van der Waals surface area contributed by atoms with Crippen LogP contribution in [0.15, 0.2) is 18.2 Å². The molecule has 2 saturated carbocycles. The van der Waals surface area contributed by atoms with Crippen LogP contribution >= 0.6 is 55.1 Å². The second-order valence-electron chi connectivity index (χ2n) is 7.58. The Morgan fingerprint density at radius 1 is 1.10 bits per heavy atom. The van der Waals surface area contributed by atoms with Crippen LogP contribution in [0.3, 0.4) is 0 Å². The number of halogens is 4. The summed E-state index contributed by atoms with van der Waals surface area (Å²) in [5.41, 5.74) is 0.284. The molecule has 1 N–H and O–H groups in total. The zero-order valence-electron chi connectivity index (χ0n) is 15.3. The Labute approximate surface area is 199 Å². The number of imide groups is 1. The fraction of sp³-hybridized carbons (Fsp3) is 0.474. The number of carbonyl (C=O) groups is 4. The third kappa shape index (κ3) is 3.67. The summed E-state index contributed by atoms with van der Waals surface area (Å²) in [6.45, 7) is -1.09. The van der Waals surface area contributed by atoms with Crippen molar-refractivity contribution >= 4 is 84.4 Å². The van der Waals surface area contributed by atoms with Crippen molar-refractivity contribution in [3.63, 3.8) is 0 Å². The Bertz CT molecular complexity index is 913. The number of alkyl halides is 2. The summed E-state index contributed by atoms with van der Waals surface area (Å²) in [6.07, 6.45) is 0.809. The van der Waals surface area contributed by atoms with Gasteiger partial charge in [-0.3, -0.25) is 24.1 Å². The first-order chi connectivity index (χ1) is 14.2. The fourth-order valence-electron chi connectivity index (χ4n) is 4.67. The van der Waals surface area contributed by atoms with Crippen LogP contribution in [-0.4, -0.2) is 51.4 Å². The lowest BCUT2D eigenvalue weighted by Gasteiger charge is -2.28. The molecule has 1 heterocycles. The quantitative estimate of drug-likeness (QED) is 0.327. The fourth-order valence-corrected chi connectivity index (χ4v) is 6.89. The minimum absolute atomic E-state index is 0.0649. The van der Waals surface area contributed by atoms with Gasteiger partial charge >= 0.3 is 5.97 Å². The number of anilines is 1. The summed E-state index contributed by atoms with van der Waals surface area (Å²) in [7, 11) is 0. The van der Waals surface area contributed by atoms with Crippen LogP contribution in [0, 0.1) is 23.7 Å².